The minimum atomic E-state index is -5.30. The summed E-state index contributed by atoms with van der Waals surface area (Å²) in [6.07, 6.45) is 1.25. The number of hydrogen-bond donors (Lipinski definition) is 5. The van der Waals surface area contributed by atoms with Gasteiger partial charge >= 0.3 is 59.1 Å². The molecule has 0 fully saturated rings. The van der Waals surface area contributed by atoms with Crippen molar-refractivity contribution in [1.29, 1.82) is 0 Å². The molecule has 1 amide bonds. The second kappa shape index (κ2) is 20.4. The number of phenolic OH excluding ortho intramolecular Hbond substituents is 1. The largest absolute Gasteiger partial charge is 1.00 e. The molecule has 6 rings (SSSR count). The first-order chi connectivity index (χ1) is 27.8. The van der Waals surface area contributed by atoms with Crippen LogP contribution < -0.4 is 84.7 Å². The number of carbonyl (C=O) groups excluding carboxylic acids is 2. The number of nitrogens with zero attached hydrogens (tertiary/aromatic N) is 8. The first-order valence-corrected chi connectivity index (χ1v) is 18.2. The molecule has 296 valence electrons. The summed E-state index contributed by atoms with van der Waals surface area (Å²) < 4.78 is 49.1. The third kappa shape index (κ3) is 10.8. The summed E-state index contributed by atoms with van der Waals surface area (Å²) in [5.74, 6) is -3.17. The van der Waals surface area contributed by atoms with Gasteiger partial charge < -0.3 is 50.2 Å². The summed E-state index contributed by atoms with van der Waals surface area (Å²) in [6, 6.07) is 16.0. The summed E-state index contributed by atoms with van der Waals surface area (Å²) in [5, 5.41) is 66.1. The molecule has 6 N–H and O–H groups in total. The van der Waals surface area contributed by atoms with Crippen LogP contribution in [-0.4, -0.2) is 63.5 Å². The Morgan fingerprint density at radius 1 is 0.817 bits per heavy atom. The molecule has 21 nitrogen and oxygen atoms in total. The van der Waals surface area contributed by atoms with E-state index in [1.807, 2.05) is 0 Å². The van der Waals surface area contributed by atoms with Gasteiger partial charge in [0.05, 0.1) is 46.8 Å². The van der Waals surface area contributed by atoms with E-state index in [1.165, 1.54) is 60.9 Å². The zero-order chi connectivity index (χ0) is 41.6. The fourth-order valence-electron chi connectivity index (χ4n) is 5.28. The number of nitrogens with one attached hydrogen (secondary N) is 2. The number of H-pyrrole nitrogens is 1. The number of ether oxygens (including phenoxy) is 2. The Labute approximate surface area is 384 Å². The van der Waals surface area contributed by atoms with E-state index in [4.69, 9.17) is 15.2 Å². The Balaban J connectivity index is 0.00000397. The van der Waals surface area contributed by atoms with Gasteiger partial charge in [0.15, 0.2) is 5.75 Å². The number of fused-ring (bicyclic) bond motifs is 1. The smallest absolute Gasteiger partial charge is 0.744 e. The average Bonchev–Trinajstić information content (AvgIpc) is 3.71. The minimum Gasteiger partial charge on any atom is -0.744 e. The van der Waals surface area contributed by atoms with Crippen LogP contribution in [0.25, 0.3) is 10.8 Å². The number of carboxylic acids is 1. The van der Waals surface area contributed by atoms with Crippen LogP contribution in [0.3, 0.4) is 0 Å². The first kappa shape index (κ1) is 46.8. The average molecular weight is 854 g/mol. The maximum absolute atomic E-state index is 13.4. The van der Waals surface area contributed by atoms with E-state index in [2.05, 4.69) is 51.2 Å². The van der Waals surface area contributed by atoms with Crippen molar-refractivity contribution in [3.8, 4) is 23.0 Å². The van der Waals surface area contributed by atoms with Gasteiger partial charge in [-0.1, -0.05) is 0 Å². The van der Waals surface area contributed by atoms with Crippen LogP contribution in [0.1, 0.15) is 34.6 Å². The van der Waals surface area contributed by atoms with Gasteiger partial charge in [-0.05, 0) is 74.5 Å². The molecular weight excluding hydrogens is 825 g/mol. The summed E-state index contributed by atoms with van der Waals surface area (Å²) in [6.45, 7) is 3.63. The predicted octanol–water partition coefficient (Wildman–Crippen LogP) is 0.523. The maximum atomic E-state index is 13.4. The molecule has 1 aromatic heterocycles. The molecule has 0 saturated carbocycles. The van der Waals surface area contributed by atoms with E-state index in [9.17, 15) is 37.9 Å². The molecule has 0 atom stereocenters. The number of phenols is 2. The SMILES string of the molecule is CCOc1cc(NC(=O)c2ccc(N=Nc3ccc(O)c(C(=O)[O-])c3)cc2)c(OCC)cc1N=Nc1c(S(=O)(=O)[O-])cc2c(N=Nc3nnc[nH]3)c(N)ccc2c1O.[Na+].[Na+]. The third-order valence-corrected chi connectivity index (χ3v) is 8.78. The molecule has 0 aliphatic rings. The van der Waals surface area contributed by atoms with Crippen LogP contribution in [0.4, 0.5) is 45.8 Å². The number of nitrogen functional groups attached to an aromatic ring is 1. The number of aromatic carboxylic acids is 1. The van der Waals surface area contributed by atoms with Gasteiger partial charge in [-0.2, -0.15) is 10.2 Å². The number of aromatic amines is 1. The number of anilines is 2. The fourth-order valence-corrected chi connectivity index (χ4v) is 5.92. The molecular formula is C36H29N11Na2O10S. The standard InChI is InChI=1S/C36H31N11O10S.2Na/c1-3-56-28-16-26(43-45-32-30(58(53,54)55)14-22-21(33(32)49)10-11-24(37)31(22)44-47-36-38-17-39-46-36)29(57-4-2)15-25(28)40-34(50)18-5-7-19(8-6-18)41-42-20-9-12-27(48)23(13-20)35(51)52;;/h5-17,48-49H,3-4,37H2,1-2H3,(H,40,50)(H,51,52)(H,38,39,46)(H,53,54,55);;/q;2*+1/p-2. The monoisotopic (exact) mass is 853 g/mol. The molecule has 0 aliphatic heterocycles. The van der Waals surface area contributed by atoms with Crippen LogP contribution in [0.2, 0.25) is 0 Å². The Hall–Kier alpha value is -5.85. The summed E-state index contributed by atoms with van der Waals surface area (Å²) in [4.78, 5) is 26.2. The minimum absolute atomic E-state index is 0. The van der Waals surface area contributed by atoms with E-state index in [1.54, 1.807) is 13.8 Å². The number of amides is 1. The fraction of sp³-hybridized carbons (Fsp3) is 0.111. The predicted molar refractivity (Wildman–Crippen MR) is 203 cm³/mol. The van der Waals surface area contributed by atoms with Crippen molar-refractivity contribution < 1.29 is 106 Å². The normalized spacial score (nSPS) is 11.4. The molecule has 0 aliphatic carbocycles. The summed E-state index contributed by atoms with van der Waals surface area (Å²) >= 11 is 0. The quantitative estimate of drug-likeness (QED) is 0.0433. The number of carbonyl (C=O) groups is 2. The molecule has 0 bridgehead atoms. The summed E-state index contributed by atoms with van der Waals surface area (Å²) in [5.41, 5.74) is 5.73. The van der Waals surface area contributed by atoms with Crippen molar-refractivity contribution in [1.82, 2.24) is 15.2 Å². The van der Waals surface area contributed by atoms with Crippen LogP contribution in [0.5, 0.6) is 23.0 Å². The zero-order valence-corrected chi connectivity index (χ0v) is 37.0. The summed E-state index contributed by atoms with van der Waals surface area (Å²) in [7, 11) is -5.30. The molecule has 0 radical (unpaired) electrons. The second-order valence-electron chi connectivity index (χ2n) is 11.7. The zero-order valence-electron chi connectivity index (χ0n) is 32.1. The van der Waals surface area contributed by atoms with E-state index in [-0.39, 0.29) is 135 Å². The van der Waals surface area contributed by atoms with Gasteiger partial charge in [0, 0.05) is 34.0 Å². The number of azo groups is 3. The first-order valence-electron chi connectivity index (χ1n) is 16.8. The van der Waals surface area contributed by atoms with Gasteiger partial charge in [0.1, 0.15) is 50.8 Å². The van der Waals surface area contributed by atoms with E-state index in [0.29, 0.717) is 5.69 Å². The van der Waals surface area contributed by atoms with Gasteiger partial charge in [0.2, 0.25) is 0 Å². The Morgan fingerprint density at radius 2 is 1.48 bits per heavy atom. The molecule has 1 heterocycles. The number of aromatic hydroxyl groups is 2. The number of benzene rings is 5. The second-order valence-corrected chi connectivity index (χ2v) is 13.1. The van der Waals surface area contributed by atoms with Gasteiger partial charge in [0.25, 0.3) is 11.9 Å². The maximum Gasteiger partial charge on any atom is 1.00 e. The molecule has 60 heavy (non-hydrogen) atoms. The van der Waals surface area contributed by atoms with Gasteiger partial charge in [-0.25, -0.2) is 8.42 Å². The number of aromatic nitrogens is 3. The van der Waals surface area contributed by atoms with Crippen molar-refractivity contribution in [2.24, 2.45) is 30.7 Å². The molecule has 0 spiro atoms. The Kier molecular flexibility index (Phi) is 15.9. The topological polar surface area (TPSA) is 327 Å². The number of rotatable bonds is 14. The van der Waals surface area contributed by atoms with Crippen LogP contribution >= 0.6 is 0 Å². The number of hydrogen-bond acceptors (Lipinski definition) is 19. The van der Waals surface area contributed by atoms with E-state index < -0.39 is 49.6 Å². The molecule has 5 aromatic carbocycles. The Morgan fingerprint density at radius 3 is 2.13 bits per heavy atom. The van der Waals surface area contributed by atoms with Crippen LogP contribution in [-0.2, 0) is 10.1 Å². The molecule has 24 heteroatoms. The van der Waals surface area contributed by atoms with Crippen molar-refractivity contribution >= 4 is 78.5 Å². The van der Waals surface area contributed by atoms with Crippen molar-refractivity contribution in [3.05, 3.63) is 90.3 Å². The van der Waals surface area contributed by atoms with Crippen molar-refractivity contribution in [2.45, 2.75) is 18.7 Å². The number of carboxylic acid groups (broad SMARTS) is 1. The van der Waals surface area contributed by atoms with Crippen LogP contribution in [0, 0.1) is 0 Å². The van der Waals surface area contributed by atoms with Crippen LogP contribution in [0.15, 0.2) is 115 Å². The number of nitrogens with two attached hydrogens (primary N) is 1. The Bertz CT molecular complexity index is 2750. The molecule has 0 unspecified atom stereocenters. The van der Waals surface area contributed by atoms with Crippen molar-refractivity contribution in [2.75, 3.05) is 24.3 Å². The van der Waals surface area contributed by atoms with E-state index in [0.717, 1.165) is 18.2 Å². The van der Waals surface area contributed by atoms with Gasteiger partial charge in [-0.3, -0.25) is 4.79 Å². The molecule has 6 aromatic rings. The van der Waals surface area contributed by atoms with Gasteiger partial charge in [-0.15, -0.1) is 30.7 Å². The molecule has 0 saturated heterocycles. The third-order valence-electron chi connectivity index (χ3n) is 7.93. The van der Waals surface area contributed by atoms with E-state index >= 15 is 0 Å². The van der Waals surface area contributed by atoms with Crippen molar-refractivity contribution in [3.63, 3.8) is 0 Å².